The van der Waals surface area contributed by atoms with E-state index in [0.29, 0.717) is 11.5 Å². The molecule has 2 heteroatoms. The molecule has 0 amide bonds. The van der Waals surface area contributed by atoms with Crippen LogP contribution in [0.2, 0.25) is 0 Å². The van der Waals surface area contributed by atoms with Crippen molar-refractivity contribution in [2.24, 2.45) is 0 Å². The molecule has 0 unspecified atom stereocenters. The zero-order valence-electron chi connectivity index (χ0n) is 16.6. The molecule has 4 aromatic carbocycles. The van der Waals surface area contributed by atoms with E-state index in [9.17, 15) is 10.2 Å². The minimum Gasteiger partial charge on any atom is -0.507 e. The van der Waals surface area contributed by atoms with Crippen LogP contribution >= 0.6 is 0 Å². The molecule has 0 spiro atoms. The lowest BCUT2D eigenvalue weighted by Crippen LogP contribution is -1.73. The molecule has 148 valence electrons. The van der Waals surface area contributed by atoms with Gasteiger partial charge in [0.2, 0.25) is 0 Å². The van der Waals surface area contributed by atoms with Gasteiger partial charge in [-0.25, -0.2) is 0 Å². The molecule has 0 fully saturated rings. The summed E-state index contributed by atoms with van der Waals surface area (Å²) in [5.41, 5.74) is 3.92. The van der Waals surface area contributed by atoms with Crippen LogP contribution in [0, 0.1) is 0 Å². The van der Waals surface area contributed by atoms with Gasteiger partial charge < -0.3 is 10.2 Å². The topological polar surface area (TPSA) is 40.5 Å². The van der Waals surface area contributed by atoms with Gasteiger partial charge in [-0.2, -0.15) is 0 Å². The standard InChI is InChI=1S/2C14H12O/c2*15-14-9-5-4-8-13(14)11-10-12-6-2-1-3-7-12/h2*1-11,15H. The van der Waals surface area contributed by atoms with Gasteiger partial charge in [-0.05, 0) is 23.3 Å². The van der Waals surface area contributed by atoms with Crippen molar-refractivity contribution in [2.75, 3.05) is 0 Å². The highest BCUT2D eigenvalue weighted by atomic mass is 16.3. The van der Waals surface area contributed by atoms with Crippen molar-refractivity contribution in [3.05, 3.63) is 131 Å². The number of phenols is 2. The molecule has 0 heterocycles. The Bertz CT molecular complexity index is 1010. The molecular weight excluding hydrogens is 368 g/mol. The predicted octanol–water partition coefficient (Wildman–Crippen LogP) is 7.13. The molecule has 0 aromatic heterocycles. The van der Waals surface area contributed by atoms with E-state index < -0.39 is 0 Å². The van der Waals surface area contributed by atoms with Crippen LogP contribution in [0.15, 0.2) is 109 Å². The molecule has 0 saturated carbocycles. The molecule has 2 N–H and O–H groups in total. The van der Waals surface area contributed by atoms with E-state index in [4.69, 9.17) is 0 Å². The third kappa shape index (κ3) is 6.54. The van der Waals surface area contributed by atoms with E-state index in [-0.39, 0.29) is 0 Å². The molecule has 0 bridgehead atoms. The van der Waals surface area contributed by atoms with Gasteiger partial charge in [-0.1, -0.05) is 121 Å². The minimum absolute atomic E-state index is 0.310. The first-order chi connectivity index (χ1) is 14.7. The van der Waals surface area contributed by atoms with Crippen molar-refractivity contribution in [3.63, 3.8) is 0 Å². The summed E-state index contributed by atoms with van der Waals surface area (Å²) in [4.78, 5) is 0. The summed E-state index contributed by atoms with van der Waals surface area (Å²) in [5, 5.41) is 19.1. The van der Waals surface area contributed by atoms with E-state index in [1.807, 2.05) is 121 Å². The number of benzene rings is 4. The summed E-state index contributed by atoms with van der Waals surface area (Å²) in [6.45, 7) is 0. The lowest BCUT2D eigenvalue weighted by molar-refractivity contribution is 0.473. The second-order valence-electron chi connectivity index (χ2n) is 6.61. The molecule has 30 heavy (non-hydrogen) atoms. The number of hydrogen-bond acceptors (Lipinski definition) is 2. The van der Waals surface area contributed by atoms with Gasteiger partial charge >= 0.3 is 0 Å². The molecule has 0 aliphatic rings. The molecule has 0 aliphatic heterocycles. The van der Waals surface area contributed by atoms with Crippen molar-refractivity contribution in [3.8, 4) is 11.5 Å². The van der Waals surface area contributed by atoms with Gasteiger partial charge in [0.25, 0.3) is 0 Å². The maximum absolute atomic E-state index is 9.54. The Balaban J connectivity index is 0.000000171. The SMILES string of the molecule is Oc1ccccc1C=Cc1ccccc1.Oc1ccccc1C=Cc1ccccc1. The molecule has 0 aliphatic carbocycles. The molecular formula is C28H24O2. The van der Waals surface area contributed by atoms with Crippen LogP contribution in [0.4, 0.5) is 0 Å². The fourth-order valence-corrected chi connectivity index (χ4v) is 2.76. The maximum Gasteiger partial charge on any atom is 0.122 e. The Morgan fingerprint density at radius 3 is 1.07 bits per heavy atom. The molecule has 4 aromatic rings. The first-order valence-corrected chi connectivity index (χ1v) is 9.74. The molecule has 0 radical (unpaired) electrons. The first-order valence-electron chi connectivity index (χ1n) is 9.74. The van der Waals surface area contributed by atoms with Gasteiger partial charge in [0, 0.05) is 11.1 Å². The van der Waals surface area contributed by atoms with Crippen molar-refractivity contribution in [1.82, 2.24) is 0 Å². The zero-order chi connectivity index (χ0) is 21.0. The predicted molar refractivity (Wildman–Crippen MR) is 127 cm³/mol. The monoisotopic (exact) mass is 392 g/mol. The Labute approximate surface area is 177 Å². The minimum atomic E-state index is 0.310. The van der Waals surface area contributed by atoms with Crippen molar-refractivity contribution >= 4 is 24.3 Å². The molecule has 4 rings (SSSR count). The van der Waals surface area contributed by atoms with E-state index >= 15 is 0 Å². The second-order valence-corrected chi connectivity index (χ2v) is 6.61. The van der Waals surface area contributed by atoms with E-state index in [0.717, 1.165) is 22.3 Å². The third-order valence-corrected chi connectivity index (χ3v) is 4.38. The number of aromatic hydroxyl groups is 2. The van der Waals surface area contributed by atoms with Crippen molar-refractivity contribution in [1.29, 1.82) is 0 Å². The average molecular weight is 392 g/mol. The van der Waals surface area contributed by atoms with Gasteiger partial charge in [0.1, 0.15) is 11.5 Å². The highest BCUT2D eigenvalue weighted by Gasteiger charge is 1.94. The van der Waals surface area contributed by atoms with Gasteiger partial charge in [0.05, 0.1) is 0 Å². The van der Waals surface area contributed by atoms with Gasteiger partial charge in [-0.3, -0.25) is 0 Å². The fourth-order valence-electron chi connectivity index (χ4n) is 2.76. The van der Waals surface area contributed by atoms with Crippen LogP contribution in [0.3, 0.4) is 0 Å². The molecule has 0 atom stereocenters. The maximum atomic E-state index is 9.54. The first kappa shape index (κ1) is 20.7. The summed E-state index contributed by atoms with van der Waals surface area (Å²) in [6, 6.07) is 34.6. The van der Waals surface area contributed by atoms with Gasteiger partial charge in [0.15, 0.2) is 0 Å². The zero-order valence-corrected chi connectivity index (χ0v) is 16.6. The molecule has 0 saturated heterocycles. The second kappa shape index (κ2) is 11.1. The lowest BCUT2D eigenvalue weighted by atomic mass is 10.1. The summed E-state index contributed by atoms with van der Waals surface area (Å²) in [7, 11) is 0. The number of phenolic OH excluding ortho intramolecular Hbond substituents is 2. The summed E-state index contributed by atoms with van der Waals surface area (Å²) in [5.74, 6) is 0.620. The molecule has 2 nitrogen and oxygen atoms in total. The number of rotatable bonds is 4. The summed E-state index contributed by atoms with van der Waals surface area (Å²) in [6.07, 6.45) is 7.78. The average Bonchev–Trinajstić information content (AvgIpc) is 2.80. The quantitative estimate of drug-likeness (QED) is 0.363. The Hall–Kier alpha value is -4.04. The summed E-state index contributed by atoms with van der Waals surface area (Å²) < 4.78 is 0. The fraction of sp³-hybridized carbons (Fsp3) is 0. The van der Waals surface area contributed by atoms with E-state index in [1.54, 1.807) is 12.1 Å². The van der Waals surface area contributed by atoms with Crippen LogP contribution in [0.25, 0.3) is 24.3 Å². The van der Waals surface area contributed by atoms with Crippen LogP contribution < -0.4 is 0 Å². The Kier molecular flexibility index (Phi) is 7.64. The van der Waals surface area contributed by atoms with Crippen molar-refractivity contribution < 1.29 is 10.2 Å². The normalized spacial score (nSPS) is 10.7. The Morgan fingerprint density at radius 2 is 0.700 bits per heavy atom. The summed E-state index contributed by atoms with van der Waals surface area (Å²) >= 11 is 0. The van der Waals surface area contributed by atoms with Crippen LogP contribution in [-0.2, 0) is 0 Å². The van der Waals surface area contributed by atoms with Gasteiger partial charge in [-0.15, -0.1) is 0 Å². The highest BCUT2D eigenvalue weighted by molar-refractivity contribution is 5.73. The largest absolute Gasteiger partial charge is 0.507 e. The highest BCUT2D eigenvalue weighted by Crippen LogP contribution is 2.19. The smallest absolute Gasteiger partial charge is 0.122 e. The lowest BCUT2D eigenvalue weighted by Gasteiger charge is -1.97. The van der Waals surface area contributed by atoms with Crippen molar-refractivity contribution in [2.45, 2.75) is 0 Å². The third-order valence-electron chi connectivity index (χ3n) is 4.38. The van der Waals surface area contributed by atoms with Crippen LogP contribution in [0.1, 0.15) is 22.3 Å². The Morgan fingerprint density at radius 1 is 0.367 bits per heavy atom. The van der Waals surface area contributed by atoms with Crippen LogP contribution in [-0.4, -0.2) is 10.2 Å². The van der Waals surface area contributed by atoms with Crippen LogP contribution in [0.5, 0.6) is 11.5 Å². The van der Waals surface area contributed by atoms with E-state index in [1.165, 1.54) is 0 Å². The number of para-hydroxylation sites is 2. The number of hydrogen-bond donors (Lipinski definition) is 2. The van der Waals surface area contributed by atoms with E-state index in [2.05, 4.69) is 0 Å².